The van der Waals surface area contributed by atoms with Crippen LogP contribution in [0.15, 0.2) is 53.6 Å². The number of nitrogens with one attached hydrogen (secondary N) is 2. The molecule has 2 rings (SSSR count). The van der Waals surface area contributed by atoms with Crippen molar-refractivity contribution in [2.45, 2.75) is 0 Å². The number of hydrogen-bond donors (Lipinski definition) is 2. The van der Waals surface area contributed by atoms with E-state index in [9.17, 15) is 9.18 Å². The van der Waals surface area contributed by atoms with Crippen LogP contribution < -0.4 is 10.7 Å². The zero-order valence-electron chi connectivity index (χ0n) is 12.2. The fraction of sp³-hybridized carbons (Fsp3) is 0.0625. The number of ether oxygens (including phenoxy) is 1. The van der Waals surface area contributed by atoms with Crippen LogP contribution in [0.1, 0.15) is 15.9 Å². The summed E-state index contributed by atoms with van der Waals surface area (Å²) < 4.78 is 17.4. The van der Waals surface area contributed by atoms with Crippen LogP contribution in [0.4, 0.5) is 10.1 Å². The van der Waals surface area contributed by atoms with Crippen molar-refractivity contribution in [2.24, 2.45) is 5.10 Å². The summed E-state index contributed by atoms with van der Waals surface area (Å²) >= 11 is 5.09. The van der Waals surface area contributed by atoms with Gasteiger partial charge in [-0.2, -0.15) is 5.10 Å². The minimum atomic E-state index is -0.402. The molecule has 0 spiro atoms. The number of nitrogens with zero attached hydrogens (tertiary/aromatic N) is 1. The zero-order valence-corrected chi connectivity index (χ0v) is 13.1. The van der Waals surface area contributed by atoms with E-state index < -0.39 is 5.97 Å². The van der Waals surface area contributed by atoms with Gasteiger partial charge in [0.25, 0.3) is 0 Å². The highest BCUT2D eigenvalue weighted by Gasteiger charge is 2.04. The van der Waals surface area contributed by atoms with Crippen LogP contribution in [0.3, 0.4) is 0 Å². The largest absolute Gasteiger partial charge is 0.465 e. The zero-order chi connectivity index (χ0) is 16.7. The number of rotatable bonds is 4. The average molecular weight is 331 g/mol. The van der Waals surface area contributed by atoms with Gasteiger partial charge in [-0.1, -0.05) is 12.1 Å². The predicted octanol–water partition coefficient (Wildman–Crippen LogP) is 2.93. The van der Waals surface area contributed by atoms with Crippen LogP contribution in [0, 0.1) is 5.82 Å². The summed E-state index contributed by atoms with van der Waals surface area (Å²) in [6.07, 6.45) is 1.52. The van der Waals surface area contributed by atoms with Gasteiger partial charge in [0.1, 0.15) is 5.82 Å². The third-order valence-corrected chi connectivity index (χ3v) is 3.01. The SMILES string of the molecule is COC(=O)c1ccc(NC(=S)N/N=C\c2ccc(F)cc2)cc1. The number of hydrogen-bond acceptors (Lipinski definition) is 4. The van der Waals surface area contributed by atoms with Crippen molar-refractivity contribution in [3.8, 4) is 0 Å². The first-order chi connectivity index (χ1) is 11.1. The summed E-state index contributed by atoms with van der Waals surface area (Å²) in [5.74, 6) is -0.705. The molecule has 2 aromatic carbocycles. The average Bonchev–Trinajstić information content (AvgIpc) is 2.56. The lowest BCUT2D eigenvalue weighted by Crippen LogP contribution is -2.23. The molecule has 0 bridgehead atoms. The van der Waals surface area contributed by atoms with E-state index in [1.807, 2.05) is 0 Å². The standard InChI is InChI=1S/C16H14FN3O2S/c1-22-15(21)12-4-8-14(9-5-12)19-16(23)20-18-10-11-2-6-13(17)7-3-11/h2-10H,1H3,(H2,19,20,23)/b18-10-. The maximum Gasteiger partial charge on any atom is 0.337 e. The van der Waals surface area contributed by atoms with Crippen molar-refractivity contribution in [2.75, 3.05) is 12.4 Å². The molecule has 0 unspecified atom stereocenters. The van der Waals surface area contributed by atoms with E-state index in [4.69, 9.17) is 12.2 Å². The van der Waals surface area contributed by atoms with Gasteiger partial charge in [-0.25, -0.2) is 9.18 Å². The van der Waals surface area contributed by atoms with Gasteiger partial charge in [0, 0.05) is 5.69 Å². The number of carbonyl (C=O) groups is 1. The monoisotopic (exact) mass is 331 g/mol. The molecule has 118 valence electrons. The smallest absolute Gasteiger partial charge is 0.337 e. The quantitative estimate of drug-likeness (QED) is 0.390. The summed E-state index contributed by atoms with van der Waals surface area (Å²) in [5, 5.41) is 7.15. The molecule has 0 aliphatic rings. The molecule has 2 N–H and O–H groups in total. The highest BCUT2D eigenvalue weighted by Crippen LogP contribution is 2.10. The normalized spacial score (nSPS) is 10.3. The van der Waals surface area contributed by atoms with E-state index in [1.54, 1.807) is 36.4 Å². The van der Waals surface area contributed by atoms with Crippen LogP contribution in [0.5, 0.6) is 0 Å². The number of methoxy groups -OCH3 is 1. The summed E-state index contributed by atoms with van der Waals surface area (Å²) in [6.45, 7) is 0. The van der Waals surface area contributed by atoms with Gasteiger partial charge in [0.2, 0.25) is 0 Å². The molecule has 0 aliphatic heterocycles. The second-order valence-corrected chi connectivity index (χ2v) is 4.85. The molecule has 7 heteroatoms. The van der Waals surface area contributed by atoms with Crippen LogP contribution in [-0.4, -0.2) is 24.4 Å². The Morgan fingerprint density at radius 1 is 1.17 bits per heavy atom. The van der Waals surface area contributed by atoms with Crippen LogP contribution >= 0.6 is 12.2 Å². The fourth-order valence-corrected chi connectivity index (χ4v) is 1.85. The first-order valence-electron chi connectivity index (χ1n) is 6.62. The molecule has 0 saturated carbocycles. The molecule has 0 aliphatic carbocycles. The molecule has 0 radical (unpaired) electrons. The first-order valence-corrected chi connectivity index (χ1v) is 7.03. The topological polar surface area (TPSA) is 62.7 Å². The lowest BCUT2D eigenvalue weighted by Gasteiger charge is -2.07. The third kappa shape index (κ3) is 5.15. The van der Waals surface area contributed by atoms with Crippen molar-refractivity contribution in [1.29, 1.82) is 0 Å². The molecular formula is C16H14FN3O2S. The van der Waals surface area contributed by atoms with E-state index in [1.165, 1.54) is 25.5 Å². The summed E-state index contributed by atoms with van der Waals surface area (Å²) in [5.41, 5.74) is 4.54. The summed E-state index contributed by atoms with van der Waals surface area (Å²) in [6, 6.07) is 12.5. The van der Waals surface area contributed by atoms with Gasteiger partial charge in [0.15, 0.2) is 5.11 Å². The Morgan fingerprint density at radius 2 is 1.83 bits per heavy atom. The van der Waals surface area contributed by atoms with E-state index >= 15 is 0 Å². The lowest BCUT2D eigenvalue weighted by atomic mass is 10.2. The predicted molar refractivity (Wildman–Crippen MR) is 91.1 cm³/mol. The number of benzene rings is 2. The lowest BCUT2D eigenvalue weighted by molar-refractivity contribution is 0.0601. The molecule has 2 aromatic rings. The molecule has 0 heterocycles. The highest BCUT2D eigenvalue weighted by atomic mass is 32.1. The maximum atomic E-state index is 12.8. The van der Waals surface area contributed by atoms with Gasteiger partial charge in [0.05, 0.1) is 18.9 Å². The van der Waals surface area contributed by atoms with Gasteiger partial charge in [-0.05, 0) is 54.2 Å². The Hall–Kier alpha value is -2.80. The molecule has 23 heavy (non-hydrogen) atoms. The van der Waals surface area contributed by atoms with Crippen LogP contribution in [-0.2, 0) is 4.74 Å². The fourth-order valence-electron chi connectivity index (χ4n) is 1.68. The molecule has 0 fully saturated rings. The number of carbonyl (C=O) groups excluding carboxylic acids is 1. The first kappa shape index (κ1) is 16.6. The van der Waals surface area contributed by atoms with Crippen molar-refractivity contribution in [1.82, 2.24) is 5.43 Å². The Kier molecular flexibility index (Phi) is 5.76. The number of hydrazone groups is 1. The maximum absolute atomic E-state index is 12.8. The van der Waals surface area contributed by atoms with Gasteiger partial charge in [-0.3, -0.25) is 5.43 Å². The Balaban J connectivity index is 1.87. The Bertz CT molecular complexity index is 715. The number of thiocarbonyl (C=S) groups is 1. The van der Waals surface area contributed by atoms with Crippen molar-refractivity contribution in [3.63, 3.8) is 0 Å². The van der Waals surface area contributed by atoms with E-state index in [0.29, 0.717) is 11.3 Å². The second kappa shape index (κ2) is 8.00. The molecule has 5 nitrogen and oxygen atoms in total. The molecular weight excluding hydrogens is 317 g/mol. The minimum Gasteiger partial charge on any atom is -0.465 e. The highest BCUT2D eigenvalue weighted by molar-refractivity contribution is 7.80. The Morgan fingerprint density at radius 3 is 2.43 bits per heavy atom. The van der Waals surface area contributed by atoms with Crippen LogP contribution in [0.25, 0.3) is 0 Å². The van der Waals surface area contributed by atoms with E-state index in [0.717, 1.165) is 5.56 Å². The number of halogens is 1. The van der Waals surface area contributed by atoms with Gasteiger partial charge < -0.3 is 10.1 Å². The molecule has 0 amide bonds. The molecule has 0 saturated heterocycles. The third-order valence-electron chi connectivity index (χ3n) is 2.81. The van der Waals surface area contributed by atoms with Gasteiger partial charge in [-0.15, -0.1) is 0 Å². The van der Waals surface area contributed by atoms with Crippen molar-refractivity contribution >= 4 is 35.2 Å². The number of anilines is 1. The number of esters is 1. The van der Waals surface area contributed by atoms with E-state index in [2.05, 4.69) is 20.6 Å². The molecule has 0 atom stereocenters. The van der Waals surface area contributed by atoms with E-state index in [-0.39, 0.29) is 10.9 Å². The van der Waals surface area contributed by atoms with Crippen LogP contribution in [0.2, 0.25) is 0 Å². The molecule has 0 aromatic heterocycles. The van der Waals surface area contributed by atoms with Crippen molar-refractivity contribution < 1.29 is 13.9 Å². The van der Waals surface area contributed by atoms with Gasteiger partial charge >= 0.3 is 5.97 Å². The Labute approximate surface area is 138 Å². The summed E-state index contributed by atoms with van der Waals surface area (Å²) in [7, 11) is 1.33. The minimum absolute atomic E-state index is 0.286. The van der Waals surface area contributed by atoms with Crippen molar-refractivity contribution in [3.05, 3.63) is 65.5 Å². The second-order valence-electron chi connectivity index (χ2n) is 4.44. The summed E-state index contributed by atoms with van der Waals surface area (Å²) in [4.78, 5) is 11.3.